The molecule has 1 N–H and O–H groups in total. The monoisotopic (exact) mass is 601 g/mol. The van der Waals surface area contributed by atoms with Crippen LogP contribution in [0.3, 0.4) is 0 Å². The highest BCUT2D eigenvalue weighted by Gasteiger charge is 2.44. The van der Waals surface area contributed by atoms with E-state index >= 15 is 0 Å². The first-order chi connectivity index (χ1) is 19.7. The van der Waals surface area contributed by atoms with E-state index in [1.807, 2.05) is 4.90 Å². The summed E-state index contributed by atoms with van der Waals surface area (Å²) < 4.78 is 10.3. The number of piperazine rings is 1. The highest BCUT2D eigenvalue weighted by atomic mass is 35.5. The minimum Gasteiger partial charge on any atom is -0.495 e. The molecule has 41 heavy (non-hydrogen) atoms. The molecule has 0 saturated carbocycles. The van der Waals surface area contributed by atoms with E-state index in [1.54, 1.807) is 49.4 Å². The van der Waals surface area contributed by atoms with Crippen LogP contribution in [0.2, 0.25) is 5.02 Å². The molecule has 2 amide bonds. The second-order valence-corrected chi connectivity index (χ2v) is 10.8. The number of amides is 2. The maximum absolute atomic E-state index is 13.7. The average molecular weight is 602 g/mol. The van der Waals surface area contributed by atoms with Gasteiger partial charge in [0, 0.05) is 38.4 Å². The van der Waals surface area contributed by atoms with Crippen molar-refractivity contribution in [1.29, 1.82) is 0 Å². The van der Waals surface area contributed by atoms with E-state index in [9.17, 15) is 14.4 Å². The molecule has 220 valence electrons. The van der Waals surface area contributed by atoms with Crippen LogP contribution in [0.4, 0.5) is 11.4 Å². The summed E-state index contributed by atoms with van der Waals surface area (Å²) in [6, 6.07) is 10.7. The van der Waals surface area contributed by atoms with E-state index in [2.05, 4.69) is 22.2 Å². The number of ether oxygens (including phenoxy) is 2. The Hall–Kier alpha value is -3.25. The number of halogens is 1. The standard InChI is InChI=1S/C29H36ClN5O5S/c1-4-40-28(38)20-6-8-21(9-7-20)31-26(36)19-24-27(37)35(22-10-11-25(39-3)23(30)18-22)29(41)34(24)13-5-12-33-16-14-32(2)15-17-33/h6-11,18,24H,4-5,12-17,19H2,1-3H3,(H,31,36). The van der Waals surface area contributed by atoms with Crippen LogP contribution >= 0.6 is 23.8 Å². The second kappa shape index (κ2) is 14.1. The number of nitrogens with one attached hydrogen (secondary N) is 1. The van der Waals surface area contributed by atoms with Crippen LogP contribution in [-0.4, -0.2) is 104 Å². The lowest BCUT2D eigenvalue weighted by Gasteiger charge is -2.33. The predicted molar refractivity (Wildman–Crippen MR) is 163 cm³/mol. The number of benzene rings is 2. The lowest BCUT2D eigenvalue weighted by Crippen LogP contribution is -2.45. The van der Waals surface area contributed by atoms with E-state index < -0.39 is 12.0 Å². The Labute approximate surface area is 251 Å². The number of nitrogens with zero attached hydrogens (tertiary/aromatic N) is 4. The molecule has 2 aromatic rings. The van der Waals surface area contributed by atoms with Crippen molar-refractivity contribution in [3.05, 3.63) is 53.1 Å². The van der Waals surface area contributed by atoms with Crippen LogP contribution in [0.1, 0.15) is 30.1 Å². The molecule has 2 heterocycles. The van der Waals surface area contributed by atoms with Gasteiger partial charge in [0.1, 0.15) is 11.8 Å². The number of rotatable bonds is 11. The van der Waals surface area contributed by atoms with Gasteiger partial charge in [0.15, 0.2) is 5.11 Å². The van der Waals surface area contributed by atoms with Crippen molar-refractivity contribution >= 4 is 58.1 Å². The first-order valence-electron chi connectivity index (χ1n) is 13.7. The van der Waals surface area contributed by atoms with E-state index in [0.717, 1.165) is 39.1 Å². The number of carbonyl (C=O) groups is 3. The lowest BCUT2D eigenvalue weighted by atomic mass is 10.1. The lowest BCUT2D eigenvalue weighted by molar-refractivity contribution is -0.124. The molecule has 2 fully saturated rings. The number of carbonyl (C=O) groups excluding carboxylic acids is 3. The van der Waals surface area contributed by atoms with Crippen LogP contribution in [0.5, 0.6) is 5.75 Å². The van der Waals surface area contributed by atoms with Gasteiger partial charge < -0.3 is 29.5 Å². The summed E-state index contributed by atoms with van der Waals surface area (Å²) in [5.74, 6) is -0.569. The zero-order chi connectivity index (χ0) is 29.5. The van der Waals surface area contributed by atoms with Crippen LogP contribution in [0.25, 0.3) is 0 Å². The van der Waals surface area contributed by atoms with Gasteiger partial charge in [0.2, 0.25) is 5.91 Å². The molecule has 1 atom stereocenters. The van der Waals surface area contributed by atoms with Crippen molar-refractivity contribution in [3.8, 4) is 5.75 Å². The highest BCUT2D eigenvalue weighted by Crippen LogP contribution is 2.33. The summed E-state index contributed by atoms with van der Waals surface area (Å²) >= 11 is 12.1. The number of likely N-dealkylation sites (N-methyl/N-ethyl adjacent to an activating group) is 1. The number of esters is 1. The third kappa shape index (κ3) is 7.53. The molecule has 2 aliphatic rings. The summed E-state index contributed by atoms with van der Waals surface area (Å²) in [4.78, 5) is 46.8. The fraction of sp³-hybridized carbons (Fsp3) is 0.448. The Bertz CT molecular complexity index is 1270. The molecule has 2 aliphatic heterocycles. The van der Waals surface area contributed by atoms with Crippen molar-refractivity contribution in [2.24, 2.45) is 0 Å². The van der Waals surface area contributed by atoms with Crippen LogP contribution in [-0.2, 0) is 14.3 Å². The number of anilines is 2. The molecule has 4 rings (SSSR count). The molecule has 0 aromatic heterocycles. The fourth-order valence-corrected chi connectivity index (χ4v) is 5.61. The van der Waals surface area contributed by atoms with Gasteiger partial charge in [-0.15, -0.1) is 0 Å². The van der Waals surface area contributed by atoms with Crippen molar-refractivity contribution < 1.29 is 23.9 Å². The van der Waals surface area contributed by atoms with Gasteiger partial charge in [-0.1, -0.05) is 11.6 Å². The molecule has 0 radical (unpaired) electrons. The highest BCUT2D eigenvalue weighted by molar-refractivity contribution is 7.80. The van der Waals surface area contributed by atoms with Gasteiger partial charge in [-0.2, -0.15) is 0 Å². The third-order valence-electron chi connectivity index (χ3n) is 7.24. The first kappa shape index (κ1) is 30.7. The fourth-order valence-electron chi connectivity index (χ4n) is 4.95. The molecule has 12 heteroatoms. The van der Waals surface area contributed by atoms with Gasteiger partial charge in [-0.25, -0.2) is 4.79 Å². The summed E-state index contributed by atoms with van der Waals surface area (Å²) in [7, 11) is 3.64. The molecule has 0 bridgehead atoms. The first-order valence-corrected chi connectivity index (χ1v) is 14.5. The Morgan fingerprint density at radius 1 is 1.07 bits per heavy atom. The zero-order valence-electron chi connectivity index (χ0n) is 23.6. The van der Waals surface area contributed by atoms with Crippen LogP contribution in [0.15, 0.2) is 42.5 Å². The van der Waals surface area contributed by atoms with Crippen molar-refractivity contribution in [1.82, 2.24) is 14.7 Å². The zero-order valence-corrected chi connectivity index (χ0v) is 25.2. The Morgan fingerprint density at radius 3 is 2.41 bits per heavy atom. The topological polar surface area (TPSA) is 94.7 Å². The second-order valence-electron chi connectivity index (χ2n) is 10.0. The molecule has 2 saturated heterocycles. The molecule has 0 spiro atoms. The summed E-state index contributed by atoms with van der Waals surface area (Å²) in [6.45, 7) is 7.47. The van der Waals surface area contributed by atoms with Gasteiger partial charge in [-0.3, -0.25) is 14.5 Å². The largest absolute Gasteiger partial charge is 0.495 e. The van der Waals surface area contributed by atoms with Gasteiger partial charge >= 0.3 is 5.97 Å². The van der Waals surface area contributed by atoms with Gasteiger partial charge in [0.05, 0.1) is 36.4 Å². The number of hydrogen-bond donors (Lipinski definition) is 1. The normalized spacial score (nSPS) is 18.1. The minimum absolute atomic E-state index is 0.0898. The van der Waals surface area contributed by atoms with E-state index in [0.29, 0.717) is 39.4 Å². The summed E-state index contributed by atoms with van der Waals surface area (Å²) in [5, 5.41) is 3.53. The van der Waals surface area contributed by atoms with Crippen molar-refractivity contribution in [2.75, 3.05) is 70.2 Å². The Balaban J connectivity index is 1.47. The molecule has 10 nitrogen and oxygen atoms in total. The number of hydrogen-bond acceptors (Lipinski definition) is 8. The average Bonchev–Trinajstić information content (AvgIpc) is 3.18. The molecule has 0 aliphatic carbocycles. The maximum atomic E-state index is 13.7. The van der Waals surface area contributed by atoms with Crippen LogP contribution < -0.4 is 15.0 Å². The van der Waals surface area contributed by atoms with Gasteiger partial charge in [-0.05, 0) is 81.6 Å². The Morgan fingerprint density at radius 2 is 1.78 bits per heavy atom. The Kier molecular flexibility index (Phi) is 10.5. The van der Waals surface area contributed by atoms with Crippen molar-refractivity contribution in [2.45, 2.75) is 25.8 Å². The minimum atomic E-state index is -0.769. The molecular weight excluding hydrogens is 566 g/mol. The van der Waals surface area contributed by atoms with E-state index in [-0.39, 0.29) is 24.8 Å². The number of thiocarbonyl (C=S) groups is 1. The van der Waals surface area contributed by atoms with Gasteiger partial charge in [0.25, 0.3) is 5.91 Å². The number of methoxy groups -OCH3 is 1. The maximum Gasteiger partial charge on any atom is 0.338 e. The quantitative estimate of drug-likeness (QED) is 0.307. The molecule has 1 unspecified atom stereocenters. The molecular formula is C29H36ClN5O5S. The van der Waals surface area contributed by atoms with Crippen LogP contribution in [0, 0.1) is 0 Å². The van der Waals surface area contributed by atoms with E-state index in [4.69, 9.17) is 33.3 Å². The predicted octanol–water partition coefficient (Wildman–Crippen LogP) is 3.49. The smallest absolute Gasteiger partial charge is 0.338 e. The van der Waals surface area contributed by atoms with Crippen molar-refractivity contribution in [3.63, 3.8) is 0 Å². The summed E-state index contributed by atoms with van der Waals surface area (Å²) in [6.07, 6.45) is 0.704. The summed E-state index contributed by atoms with van der Waals surface area (Å²) in [5.41, 5.74) is 1.42. The SMILES string of the molecule is CCOC(=O)c1ccc(NC(=O)CC2C(=O)N(c3ccc(OC)c(Cl)c3)C(=S)N2CCCN2CCN(C)CC2)cc1. The molecule has 2 aromatic carbocycles. The third-order valence-corrected chi connectivity index (χ3v) is 7.95. The van der Waals surface area contributed by atoms with E-state index in [1.165, 1.54) is 12.0 Å².